The number of hydrogen-bond acceptors (Lipinski definition) is 16. The van der Waals surface area contributed by atoms with E-state index in [-0.39, 0.29) is 38.0 Å². The van der Waals surface area contributed by atoms with Gasteiger partial charge in [0.05, 0.1) is 73.6 Å². The first-order chi connectivity index (χ1) is 30.2. The molecule has 0 aromatic rings. The minimum Gasteiger partial charge on any atom is -0.481 e. The molecule has 64 heavy (non-hydrogen) atoms. The molecule has 3 aliphatic heterocycles. The van der Waals surface area contributed by atoms with Crippen LogP contribution in [-0.2, 0) is 28.5 Å². The van der Waals surface area contributed by atoms with Crippen molar-refractivity contribution >= 4 is 11.9 Å². The number of carboxylic acid groups (broad SMARTS) is 1. The Balaban J connectivity index is 1.84. The van der Waals surface area contributed by atoms with E-state index in [1.54, 1.807) is 75.5 Å². The summed E-state index contributed by atoms with van der Waals surface area (Å²) in [5.74, 6) is -6.74. The minimum atomic E-state index is -2.30. The lowest BCUT2D eigenvalue weighted by Gasteiger charge is -2.45. The molecular weight excluding hydrogens is 837 g/mol. The third-order valence-corrected chi connectivity index (χ3v) is 11.8. The number of carboxylic acids is 1. The minimum absolute atomic E-state index is 0.0532. The lowest BCUT2D eigenvalue weighted by Crippen LogP contribution is -2.56. The summed E-state index contributed by atoms with van der Waals surface area (Å²) < 4.78 is 23.2. The van der Waals surface area contributed by atoms with E-state index in [1.165, 1.54) is 0 Å². The Labute approximate surface area is 375 Å². The van der Waals surface area contributed by atoms with Gasteiger partial charge in [-0.05, 0) is 33.1 Å². The zero-order chi connectivity index (χ0) is 47.6. The summed E-state index contributed by atoms with van der Waals surface area (Å²) in [6.07, 6.45) is 4.72. The van der Waals surface area contributed by atoms with Crippen LogP contribution in [0.25, 0.3) is 0 Å². The highest BCUT2D eigenvalue weighted by Gasteiger charge is 2.50. The molecule has 0 spiro atoms. The van der Waals surface area contributed by atoms with Crippen LogP contribution in [0.15, 0.2) is 85.1 Å². The highest BCUT2D eigenvalue weighted by atomic mass is 16.7. The first-order valence-electron chi connectivity index (χ1n) is 22.1. The summed E-state index contributed by atoms with van der Waals surface area (Å²) in [7, 11) is 0. The van der Waals surface area contributed by atoms with Gasteiger partial charge in [-0.25, -0.2) is 0 Å². The first kappa shape index (κ1) is 54.9. The third kappa shape index (κ3) is 18.8. The number of carbonyl (C=O) groups is 2. The molecule has 18 atom stereocenters. The molecule has 3 aliphatic rings. The van der Waals surface area contributed by atoms with Crippen molar-refractivity contribution in [3.05, 3.63) is 85.1 Å². The third-order valence-electron chi connectivity index (χ3n) is 11.8. The fourth-order valence-electron chi connectivity index (χ4n) is 7.85. The summed E-state index contributed by atoms with van der Waals surface area (Å²) in [5, 5.41) is 118. The maximum Gasteiger partial charge on any atom is 0.311 e. The van der Waals surface area contributed by atoms with Gasteiger partial charge in [-0.3, -0.25) is 9.59 Å². The second-order valence-electron chi connectivity index (χ2n) is 17.4. The summed E-state index contributed by atoms with van der Waals surface area (Å²) in [6.45, 7) is 6.82. The van der Waals surface area contributed by atoms with Crippen molar-refractivity contribution in [1.29, 1.82) is 0 Å². The summed E-state index contributed by atoms with van der Waals surface area (Å²) in [5.41, 5.74) is 0. The molecule has 0 amide bonds. The monoisotopic (exact) mass is 908 g/mol. The lowest BCUT2D eigenvalue weighted by molar-refractivity contribution is -0.307. The number of carbonyl (C=O) groups excluding carboxylic acids is 1. The molecule has 0 aromatic heterocycles. The smallest absolute Gasteiger partial charge is 0.311 e. The van der Waals surface area contributed by atoms with Gasteiger partial charge in [0.15, 0.2) is 12.1 Å². The Morgan fingerprint density at radius 2 is 1.20 bits per heavy atom. The number of cyclic esters (lactones) is 1. The maximum atomic E-state index is 12.6. The van der Waals surface area contributed by atoms with Crippen molar-refractivity contribution in [1.82, 2.24) is 0 Å². The maximum absolute atomic E-state index is 12.6. The molecular formula is C47H72O17. The van der Waals surface area contributed by atoms with E-state index in [2.05, 4.69) is 0 Å². The molecule has 3 rings (SSSR count). The van der Waals surface area contributed by atoms with Crippen LogP contribution in [0, 0.1) is 17.8 Å². The Morgan fingerprint density at radius 3 is 1.80 bits per heavy atom. The molecule has 362 valence electrons. The molecule has 2 saturated heterocycles. The number of esters is 1. The van der Waals surface area contributed by atoms with Crippen LogP contribution in [-0.4, -0.2) is 160 Å². The molecule has 0 saturated carbocycles. The number of hydrogen-bond donors (Lipinski definition) is 11. The standard InChI is InChI=1S/C47H72O17/c1-28-17-15-13-11-9-7-5-6-8-10-12-14-16-18-35(63-46-39(54)25-37(52)31(4)62-46)24-41-43(45(58)59)40(55)27-47(60,64-41)26-34(50)22-38(53)36(51)20-19-32(48)21-33(49)23-42(56)61-30(3)29(2)44(28)57/h5-18,28-41,43-44,46,48-55,57,60H,19-27H2,1-4H3,(H,58,59)/b6-5+,9-7+,10-8+,13-11+,14-12+,17-15+,18-16+/t28-,29-,30-,31?,32?,33?,34?,35?,36?,37?,38?,39?,40-,41-,43?,44?,46?,47?/m0/s1. The topological polar surface area (TPSA) is 294 Å². The normalized spacial score (nSPS) is 44.8. The van der Waals surface area contributed by atoms with Crippen LogP contribution in [0.1, 0.15) is 85.5 Å². The second kappa shape index (κ2) is 27.3. The van der Waals surface area contributed by atoms with E-state index in [0.717, 1.165) is 0 Å². The van der Waals surface area contributed by atoms with Gasteiger partial charge in [-0.1, -0.05) is 98.9 Å². The number of allylic oxidation sites excluding steroid dienone is 12. The number of aliphatic hydroxyl groups excluding tert-OH is 9. The average molecular weight is 909 g/mol. The molecule has 13 unspecified atom stereocenters. The van der Waals surface area contributed by atoms with Gasteiger partial charge in [0.25, 0.3) is 0 Å². The van der Waals surface area contributed by atoms with Crippen LogP contribution in [0.3, 0.4) is 0 Å². The second-order valence-corrected chi connectivity index (χ2v) is 17.4. The molecule has 3 heterocycles. The predicted octanol–water partition coefficient (Wildman–Crippen LogP) is 1.77. The molecule has 0 radical (unpaired) electrons. The van der Waals surface area contributed by atoms with Crippen LogP contribution >= 0.6 is 0 Å². The molecule has 11 N–H and O–H groups in total. The van der Waals surface area contributed by atoms with Gasteiger partial charge >= 0.3 is 11.9 Å². The van der Waals surface area contributed by atoms with Crippen LogP contribution < -0.4 is 0 Å². The Kier molecular flexibility index (Phi) is 23.4. The number of aliphatic carboxylic acids is 1. The van der Waals surface area contributed by atoms with Crippen molar-refractivity contribution in [2.45, 2.75) is 177 Å². The van der Waals surface area contributed by atoms with Gasteiger partial charge < -0.3 is 75.1 Å². The van der Waals surface area contributed by atoms with E-state index < -0.39 is 141 Å². The molecule has 2 fully saturated rings. The largest absolute Gasteiger partial charge is 0.481 e. The zero-order valence-corrected chi connectivity index (χ0v) is 37.1. The molecule has 17 heteroatoms. The van der Waals surface area contributed by atoms with Crippen molar-refractivity contribution in [2.75, 3.05) is 0 Å². The average Bonchev–Trinajstić information content (AvgIpc) is 3.19. The van der Waals surface area contributed by atoms with E-state index in [0.29, 0.717) is 0 Å². The highest BCUT2D eigenvalue weighted by molar-refractivity contribution is 5.71. The van der Waals surface area contributed by atoms with Crippen molar-refractivity contribution in [3.63, 3.8) is 0 Å². The molecule has 0 aliphatic carbocycles. The fraction of sp³-hybridized carbons (Fsp3) is 0.660. The first-order valence-corrected chi connectivity index (χ1v) is 22.1. The van der Waals surface area contributed by atoms with Crippen LogP contribution in [0.2, 0.25) is 0 Å². The van der Waals surface area contributed by atoms with Crippen molar-refractivity contribution < 1.29 is 84.7 Å². The van der Waals surface area contributed by atoms with Gasteiger partial charge in [0.2, 0.25) is 0 Å². The van der Waals surface area contributed by atoms with Gasteiger partial charge in [-0.15, -0.1) is 0 Å². The zero-order valence-electron chi connectivity index (χ0n) is 37.1. The van der Waals surface area contributed by atoms with Gasteiger partial charge in [0, 0.05) is 43.9 Å². The Bertz CT molecular complexity index is 1630. The SMILES string of the molecule is CC1OC(OC2/C=C/C=C/C=C/C=C/C=C/C=C/C=C/[C@H](C)C(O)[C@@H](C)[C@H](C)OC(=O)CC(O)CC(O)CCC(O)C(O)CC(O)CC3(O)C[C@H](O)C(C(=O)O)[C@H](C2)O3)C(O)CC1O. The Morgan fingerprint density at radius 1 is 0.625 bits per heavy atom. The summed E-state index contributed by atoms with van der Waals surface area (Å²) >= 11 is 0. The number of aliphatic hydroxyl groups is 10. The van der Waals surface area contributed by atoms with E-state index in [9.17, 15) is 65.8 Å². The highest BCUT2D eigenvalue weighted by Crippen LogP contribution is 2.38. The summed E-state index contributed by atoms with van der Waals surface area (Å²) in [6, 6.07) is 0. The molecule has 17 nitrogen and oxygen atoms in total. The van der Waals surface area contributed by atoms with E-state index in [4.69, 9.17) is 18.9 Å². The van der Waals surface area contributed by atoms with Crippen molar-refractivity contribution in [3.8, 4) is 0 Å². The molecule has 0 aromatic carbocycles. The van der Waals surface area contributed by atoms with E-state index >= 15 is 0 Å². The molecule has 2 bridgehead atoms. The van der Waals surface area contributed by atoms with Crippen LogP contribution in [0.4, 0.5) is 0 Å². The van der Waals surface area contributed by atoms with E-state index in [1.807, 2.05) is 37.3 Å². The van der Waals surface area contributed by atoms with Crippen molar-refractivity contribution in [2.24, 2.45) is 17.8 Å². The van der Waals surface area contributed by atoms with Crippen LogP contribution in [0.5, 0.6) is 0 Å². The quantitative estimate of drug-likeness (QED) is 0.180. The van der Waals surface area contributed by atoms with Gasteiger partial charge in [0.1, 0.15) is 18.1 Å². The Hall–Kier alpha value is -3.40. The van der Waals surface area contributed by atoms with Gasteiger partial charge in [-0.2, -0.15) is 0 Å². The number of ether oxygens (including phenoxy) is 4. The number of rotatable bonds is 3. The fourth-order valence-corrected chi connectivity index (χ4v) is 7.85. The lowest BCUT2D eigenvalue weighted by atomic mass is 9.82. The summed E-state index contributed by atoms with van der Waals surface area (Å²) in [4.78, 5) is 25.0. The predicted molar refractivity (Wildman–Crippen MR) is 234 cm³/mol. The number of fused-ring (bicyclic) bond motifs is 2.